The first-order chi connectivity index (χ1) is 7.77. The Morgan fingerprint density at radius 3 is 3.06 bits per heavy atom. The van der Waals surface area contributed by atoms with Gasteiger partial charge >= 0.3 is 0 Å². The standard InChI is InChI=1S/C11H13BrN4/c1-9-2-3-14-11(10(9)12)15-5-7-16-6-4-13-8-16/h2-4,6,8H,5,7H2,1H3,(H,14,15). The van der Waals surface area contributed by atoms with Gasteiger partial charge in [-0.05, 0) is 34.5 Å². The van der Waals surface area contributed by atoms with E-state index in [1.54, 1.807) is 18.7 Å². The summed E-state index contributed by atoms with van der Waals surface area (Å²) in [6.45, 7) is 3.75. The minimum atomic E-state index is 0.825. The zero-order chi connectivity index (χ0) is 11.4. The first-order valence-corrected chi connectivity index (χ1v) is 5.87. The van der Waals surface area contributed by atoms with Crippen molar-refractivity contribution in [2.24, 2.45) is 0 Å². The van der Waals surface area contributed by atoms with Crippen LogP contribution >= 0.6 is 15.9 Å². The summed E-state index contributed by atoms with van der Waals surface area (Å²) in [5.41, 5.74) is 1.18. The second kappa shape index (κ2) is 5.12. The molecule has 0 saturated heterocycles. The minimum Gasteiger partial charge on any atom is -0.367 e. The molecule has 2 aromatic rings. The third-order valence-electron chi connectivity index (χ3n) is 2.30. The molecule has 0 aliphatic carbocycles. The van der Waals surface area contributed by atoms with Gasteiger partial charge in [-0.15, -0.1) is 0 Å². The summed E-state index contributed by atoms with van der Waals surface area (Å²) in [6, 6.07) is 1.98. The molecule has 0 aliphatic rings. The number of nitrogens with zero attached hydrogens (tertiary/aromatic N) is 3. The lowest BCUT2D eigenvalue weighted by Gasteiger charge is -2.09. The fraction of sp³-hybridized carbons (Fsp3) is 0.273. The predicted octanol–water partition coefficient (Wildman–Crippen LogP) is 2.46. The first kappa shape index (κ1) is 11.1. The number of pyridine rings is 1. The van der Waals surface area contributed by atoms with Crippen molar-refractivity contribution in [1.29, 1.82) is 0 Å². The van der Waals surface area contributed by atoms with Crippen LogP contribution in [0.5, 0.6) is 0 Å². The molecule has 0 radical (unpaired) electrons. The van der Waals surface area contributed by atoms with Gasteiger partial charge in [0.05, 0.1) is 10.8 Å². The van der Waals surface area contributed by atoms with Crippen molar-refractivity contribution >= 4 is 21.7 Å². The molecular weight excluding hydrogens is 268 g/mol. The van der Waals surface area contributed by atoms with Crippen LogP contribution < -0.4 is 5.32 Å². The number of aryl methyl sites for hydroxylation is 1. The van der Waals surface area contributed by atoms with Crippen LogP contribution in [0.2, 0.25) is 0 Å². The molecule has 0 spiro atoms. The molecule has 0 unspecified atom stereocenters. The molecule has 0 aromatic carbocycles. The zero-order valence-electron chi connectivity index (χ0n) is 9.02. The third kappa shape index (κ3) is 2.61. The second-order valence-electron chi connectivity index (χ2n) is 3.52. The molecule has 84 valence electrons. The highest BCUT2D eigenvalue weighted by molar-refractivity contribution is 9.10. The molecule has 4 nitrogen and oxygen atoms in total. The van der Waals surface area contributed by atoms with Gasteiger partial charge in [0.2, 0.25) is 0 Å². The van der Waals surface area contributed by atoms with Gasteiger partial charge in [-0.1, -0.05) is 0 Å². The number of anilines is 1. The van der Waals surface area contributed by atoms with E-state index in [4.69, 9.17) is 0 Å². The second-order valence-corrected chi connectivity index (χ2v) is 4.31. The Morgan fingerprint density at radius 2 is 2.31 bits per heavy atom. The molecule has 0 bridgehead atoms. The maximum absolute atomic E-state index is 4.28. The van der Waals surface area contributed by atoms with Gasteiger partial charge in [0.1, 0.15) is 5.82 Å². The van der Waals surface area contributed by atoms with Crippen molar-refractivity contribution in [3.8, 4) is 0 Å². The average Bonchev–Trinajstić information content (AvgIpc) is 2.77. The van der Waals surface area contributed by atoms with E-state index in [1.807, 2.05) is 23.8 Å². The van der Waals surface area contributed by atoms with Gasteiger partial charge in [-0.3, -0.25) is 0 Å². The summed E-state index contributed by atoms with van der Waals surface area (Å²) < 4.78 is 3.05. The molecule has 2 heterocycles. The Kier molecular flexibility index (Phi) is 3.56. The lowest BCUT2D eigenvalue weighted by molar-refractivity contribution is 0.725. The monoisotopic (exact) mass is 280 g/mol. The van der Waals surface area contributed by atoms with Crippen LogP contribution in [-0.2, 0) is 6.54 Å². The van der Waals surface area contributed by atoms with Crippen molar-refractivity contribution in [2.75, 3.05) is 11.9 Å². The zero-order valence-corrected chi connectivity index (χ0v) is 10.6. The fourth-order valence-electron chi connectivity index (χ4n) is 1.39. The number of hydrogen-bond acceptors (Lipinski definition) is 3. The largest absolute Gasteiger partial charge is 0.367 e. The number of imidazole rings is 1. The summed E-state index contributed by atoms with van der Waals surface area (Å²) in [7, 11) is 0. The van der Waals surface area contributed by atoms with Crippen LogP contribution in [0.1, 0.15) is 5.56 Å². The van der Waals surface area contributed by atoms with Crippen molar-refractivity contribution in [3.63, 3.8) is 0 Å². The van der Waals surface area contributed by atoms with E-state index < -0.39 is 0 Å². The molecule has 0 atom stereocenters. The lowest BCUT2D eigenvalue weighted by atomic mass is 10.3. The Morgan fingerprint density at radius 1 is 1.44 bits per heavy atom. The molecule has 0 saturated carbocycles. The van der Waals surface area contributed by atoms with Crippen LogP contribution in [0, 0.1) is 6.92 Å². The molecule has 5 heteroatoms. The van der Waals surface area contributed by atoms with E-state index in [0.717, 1.165) is 23.4 Å². The van der Waals surface area contributed by atoms with Crippen molar-refractivity contribution in [3.05, 3.63) is 41.0 Å². The normalized spacial score (nSPS) is 10.4. The molecule has 0 aliphatic heterocycles. The van der Waals surface area contributed by atoms with E-state index in [9.17, 15) is 0 Å². The van der Waals surface area contributed by atoms with Gasteiger partial charge in [0.25, 0.3) is 0 Å². The first-order valence-electron chi connectivity index (χ1n) is 5.08. The Hall–Kier alpha value is -1.36. The highest BCUT2D eigenvalue weighted by Crippen LogP contribution is 2.22. The molecule has 1 N–H and O–H groups in total. The average molecular weight is 281 g/mol. The van der Waals surface area contributed by atoms with Crippen molar-refractivity contribution in [2.45, 2.75) is 13.5 Å². The number of hydrogen-bond donors (Lipinski definition) is 1. The molecule has 2 rings (SSSR count). The predicted molar refractivity (Wildman–Crippen MR) is 67.4 cm³/mol. The maximum Gasteiger partial charge on any atom is 0.140 e. The van der Waals surface area contributed by atoms with Crippen LogP contribution in [0.25, 0.3) is 0 Å². The summed E-state index contributed by atoms with van der Waals surface area (Å²) in [4.78, 5) is 8.26. The highest BCUT2D eigenvalue weighted by atomic mass is 79.9. The number of rotatable bonds is 4. The van der Waals surface area contributed by atoms with E-state index in [0.29, 0.717) is 0 Å². The van der Waals surface area contributed by atoms with E-state index >= 15 is 0 Å². The van der Waals surface area contributed by atoms with Crippen LogP contribution in [0.4, 0.5) is 5.82 Å². The van der Waals surface area contributed by atoms with Gasteiger partial charge in [0.15, 0.2) is 0 Å². The summed E-state index contributed by atoms with van der Waals surface area (Å²) >= 11 is 3.51. The van der Waals surface area contributed by atoms with Crippen LogP contribution in [0.15, 0.2) is 35.5 Å². The van der Waals surface area contributed by atoms with Gasteiger partial charge in [-0.2, -0.15) is 0 Å². The van der Waals surface area contributed by atoms with Crippen LogP contribution in [-0.4, -0.2) is 21.1 Å². The maximum atomic E-state index is 4.28. The SMILES string of the molecule is Cc1ccnc(NCCn2ccnc2)c1Br. The minimum absolute atomic E-state index is 0.825. The molecule has 2 aromatic heterocycles. The summed E-state index contributed by atoms with van der Waals surface area (Å²) in [5, 5.41) is 3.29. The molecular formula is C11H13BrN4. The quantitative estimate of drug-likeness (QED) is 0.936. The van der Waals surface area contributed by atoms with E-state index in [1.165, 1.54) is 5.56 Å². The van der Waals surface area contributed by atoms with E-state index in [2.05, 4.69) is 31.2 Å². The Balaban J connectivity index is 1.92. The molecule has 16 heavy (non-hydrogen) atoms. The number of halogens is 1. The summed E-state index contributed by atoms with van der Waals surface area (Å²) in [5.74, 6) is 0.889. The Bertz CT molecular complexity index is 453. The van der Waals surface area contributed by atoms with E-state index in [-0.39, 0.29) is 0 Å². The fourth-order valence-corrected chi connectivity index (χ4v) is 1.76. The van der Waals surface area contributed by atoms with Gasteiger partial charge in [0, 0.05) is 31.7 Å². The molecule has 0 fully saturated rings. The number of nitrogens with one attached hydrogen (secondary N) is 1. The van der Waals surface area contributed by atoms with Crippen molar-refractivity contribution in [1.82, 2.24) is 14.5 Å². The Labute approximate surface area is 103 Å². The van der Waals surface area contributed by atoms with Gasteiger partial charge in [-0.25, -0.2) is 9.97 Å². The molecule has 0 amide bonds. The van der Waals surface area contributed by atoms with Crippen molar-refractivity contribution < 1.29 is 0 Å². The summed E-state index contributed by atoms with van der Waals surface area (Å²) in [6.07, 6.45) is 7.33. The highest BCUT2D eigenvalue weighted by Gasteiger charge is 2.02. The lowest BCUT2D eigenvalue weighted by Crippen LogP contribution is -2.10. The van der Waals surface area contributed by atoms with Gasteiger partial charge < -0.3 is 9.88 Å². The topological polar surface area (TPSA) is 42.7 Å². The number of aromatic nitrogens is 3. The third-order valence-corrected chi connectivity index (χ3v) is 3.30. The van der Waals surface area contributed by atoms with Crippen LogP contribution in [0.3, 0.4) is 0 Å². The smallest absolute Gasteiger partial charge is 0.140 e.